The summed E-state index contributed by atoms with van der Waals surface area (Å²) in [7, 11) is -8.12. The Kier molecular flexibility index (Phi) is 8.94. The minimum Gasteiger partial charge on any atom is -0.484 e. The zero-order chi connectivity index (χ0) is 28.8. The summed E-state index contributed by atoms with van der Waals surface area (Å²) < 4.78 is 60.7. The fourth-order valence-electron chi connectivity index (χ4n) is 3.98. The molecule has 14 heteroatoms. The van der Waals surface area contributed by atoms with Gasteiger partial charge in [-0.05, 0) is 54.1 Å². The number of sulfonamides is 2. The lowest BCUT2D eigenvalue weighted by Crippen LogP contribution is -2.60. The van der Waals surface area contributed by atoms with Crippen LogP contribution < -0.4 is 15.9 Å². The van der Waals surface area contributed by atoms with Crippen LogP contribution in [0, 0.1) is 0 Å². The molecule has 3 N–H and O–H groups in total. The molecule has 12 nitrogen and oxygen atoms in total. The number of primary amides is 1. The number of carbonyl (C=O) groups is 2. The van der Waals surface area contributed by atoms with E-state index in [9.17, 15) is 26.4 Å². The molecule has 0 bridgehead atoms. The smallest absolute Gasteiger partial charge is 0.259 e. The van der Waals surface area contributed by atoms with Crippen LogP contribution in [0.25, 0.3) is 0 Å². The molecule has 4 rings (SSSR count). The standard InChI is InChI=1S/C26H27N5O7S2/c27-25(32)19-38-21-13-11-20(12-14-21)17-28-29-26(33)24-18-30(39(34,35)22-7-3-1-4-8-22)15-16-31(24)40(36,37)23-9-5-2-6-10-23/h1-14,17,24H,15-16,18-19H2,(H2,27,32)(H,29,33)/b28-17-/t24-/m1/s1. The predicted molar refractivity (Wildman–Crippen MR) is 146 cm³/mol. The first-order valence-corrected chi connectivity index (χ1v) is 14.9. The average Bonchev–Trinajstić information content (AvgIpc) is 2.97. The van der Waals surface area contributed by atoms with Gasteiger partial charge in [0.25, 0.3) is 11.8 Å². The quantitative estimate of drug-likeness (QED) is 0.262. The van der Waals surface area contributed by atoms with E-state index >= 15 is 0 Å². The number of piperazine rings is 1. The van der Waals surface area contributed by atoms with Crippen molar-refractivity contribution in [1.82, 2.24) is 14.0 Å². The molecule has 3 aromatic carbocycles. The van der Waals surface area contributed by atoms with Crippen LogP contribution in [-0.4, -0.2) is 75.8 Å². The highest BCUT2D eigenvalue weighted by Crippen LogP contribution is 2.25. The number of hydrogen-bond donors (Lipinski definition) is 2. The first-order chi connectivity index (χ1) is 19.1. The molecule has 1 aliphatic heterocycles. The lowest BCUT2D eigenvalue weighted by molar-refractivity contribution is -0.125. The molecule has 40 heavy (non-hydrogen) atoms. The maximum atomic E-state index is 13.4. The molecule has 2 amide bonds. The molecule has 1 fully saturated rings. The van der Waals surface area contributed by atoms with Crippen LogP contribution in [0.1, 0.15) is 5.56 Å². The van der Waals surface area contributed by atoms with E-state index < -0.39 is 44.4 Å². The van der Waals surface area contributed by atoms with E-state index in [1.807, 2.05) is 0 Å². The first-order valence-electron chi connectivity index (χ1n) is 12.1. The van der Waals surface area contributed by atoms with E-state index in [2.05, 4.69) is 10.5 Å². The summed E-state index contributed by atoms with van der Waals surface area (Å²) in [4.78, 5) is 24.1. The summed E-state index contributed by atoms with van der Waals surface area (Å²) in [6.45, 7) is -1.06. The van der Waals surface area contributed by atoms with Crippen molar-refractivity contribution in [3.8, 4) is 5.75 Å². The van der Waals surface area contributed by atoms with E-state index in [0.717, 1.165) is 8.61 Å². The highest BCUT2D eigenvalue weighted by Gasteiger charge is 2.43. The van der Waals surface area contributed by atoms with Gasteiger partial charge in [-0.1, -0.05) is 36.4 Å². The number of rotatable bonds is 10. The van der Waals surface area contributed by atoms with Gasteiger partial charge in [-0.15, -0.1) is 0 Å². The van der Waals surface area contributed by atoms with E-state index in [0.29, 0.717) is 11.3 Å². The highest BCUT2D eigenvalue weighted by molar-refractivity contribution is 7.89. The number of nitrogens with one attached hydrogen (secondary N) is 1. The molecular weight excluding hydrogens is 558 g/mol. The minimum atomic E-state index is -4.13. The summed E-state index contributed by atoms with van der Waals surface area (Å²) in [5.74, 6) is -1.01. The fraction of sp³-hybridized carbons (Fsp3) is 0.192. The summed E-state index contributed by atoms with van der Waals surface area (Å²) in [5, 5.41) is 3.93. The molecule has 0 spiro atoms. The van der Waals surface area contributed by atoms with E-state index in [1.165, 1.54) is 30.5 Å². The molecule has 1 atom stereocenters. The van der Waals surface area contributed by atoms with Gasteiger partial charge in [0.2, 0.25) is 20.0 Å². The Morgan fingerprint density at radius 1 is 0.875 bits per heavy atom. The van der Waals surface area contributed by atoms with Crippen molar-refractivity contribution < 1.29 is 31.2 Å². The first kappa shape index (κ1) is 28.9. The van der Waals surface area contributed by atoms with Crippen molar-refractivity contribution in [2.75, 3.05) is 26.2 Å². The van der Waals surface area contributed by atoms with Gasteiger partial charge in [0, 0.05) is 19.6 Å². The highest BCUT2D eigenvalue weighted by atomic mass is 32.2. The van der Waals surface area contributed by atoms with E-state index in [4.69, 9.17) is 10.5 Å². The normalized spacial score (nSPS) is 16.9. The molecule has 0 saturated carbocycles. The molecule has 0 unspecified atom stereocenters. The number of hydrogen-bond acceptors (Lipinski definition) is 8. The van der Waals surface area contributed by atoms with Crippen molar-refractivity contribution in [1.29, 1.82) is 0 Å². The Hall–Kier alpha value is -4.11. The number of ether oxygens (including phenoxy) is 1. The molecule has 0 aliphatic carbocycles. The number of carbonyl (C=O) groups excluding carboxylic acids is 2. The predicted octanol–water partition coefficient (Wildman–Crippen LogP) is 0.765. The second-order valence-corrected chi connectivity index (χ2v) is 12.5. The van der Waals surface area contributed by atoms with E-state index in [-0.39, 0.29) is 29.5 Å². The second kappa shape index (κ2) is 12.4. The van der Waals surface area contributed by atoms with Gasteiger partial charge in [-0.3, -0.25) is 9.59 Å². The second-order valence-electron chi connectivity index (χ2n) is 8.68. The Balaban J connectivity index is 1.55. The Morgan fingerprint density at radius 3 is 2.02 bits per heavy atom. The Bertz CT molecular complexity index is 1580. The molecular formula is C26H27N5O7S2. The molecule has 1 saturated heterocycles. The molecule has 1 aliphatic rings. The fourth-order valence-corrected chi connectivity index (χ4v) is 7.03. The van der Waals surface area contributed by atoms with Crippen molar-refractivity contribution in [3.05, 3.63) is 90.5 Å². The monoisotopic (exact) mass is 585 g/mol. The zero-order valence-electron chi connectivity index (χ0n) is 21.2. The Morgan fingerprint density at radius 2 is 1.45 bits per heavy atom. The van der Waals surface area contributed by atoms with Gasteiger partial charge in [0.05, 0.1) is 16.0 Å². The average molecular weight is 586 g/mol. The zero-order valence-corrected chi connectivity index (χ0v) is 22.8. The minimum absolute atomic E-state index is 0.0192. The van der Waals surface area contributed by atoms with Crippen molar-refractivity contribution in [2.45, 2.75) is 15.8 Å². The van der Waals surface area contributed by atoms with Crippen molar-refractivity contribution in [3.63, 3.8) is 0 Å². The third-order valence-electron chi connectivity index (χ3n) is 5.98. The maximum Gasteiger partial charge on any atom is 0.259 e. The lowest BCUT2D eigenvalue weighted by Gasteiger charge is -2.38. The van der Waals surface area contributed by atoms with Crippen LogP contribution in [0.2, 0.25) is 0 Å². The summed E-state index contributed by atoms with van der Waals surface area (Å²) >= 11 is 0. The summed E-state index contributed by atoms with van der Waals surface area (Å²) in [5.41, 5.74) is 7.95. The summed E-state index contributed by atoms with van der Waals surface area (Å²) in [6.07, 6.45) is 1.33. The SMILES string of the molecule is NC(=O)COc1ccc(/C=N\NC(=O)[C@H]2CN(S(=O)(=O)c3ccccc3)CCN2S(=O)(=O)c2ccccc2)cc1. The van der Waals surface area contributed by atoms with Gasteiger partial charge < -0.3 is 10.5 Å². The van der Waals surface area contributed by atoms with Crippen LogP contribution in [0.5, 0.6) is 5.75 Å². The van der Waals surface area contributed by atoms with Crippen LogP contribution in [-0.2, 0) is 29.6 Å². The van der Waals surface area contributed by atoms with Gasteiger partial charge in [0.15, 0.2) is 6.61 Å². The molecule has 0 radical (unpaired) electrons. The number of amides is 2. The van der Waals surface area contributed by atoms with Crippen LogP contribution in [0.3, 0.4) is 0 Å². The largest absolute Gasteiger partial charge is 0.484 e. The molecule has 1 heterocycles. The third-order valence-corrected chi connectivity index (χ3v) is 9.78. The van der Waals surface area contributed by atoms with Crippen LogP contribution in [0.15, 0.2) is 99.8 Å². The lowest BCUT2D eigenvalue weighted by atomic mass is 10.2. The number of hydrazone groups is 1. The number of benzene rings is 3. The van der Waals surface area contributed by atoms with Crippen molar-refractivity contribution >= 4 is 38.1 Å². The van der Waals surface area contributed by atoms with Gasteiger partial charge in [-0.2, -0.15) is 13.7 Å². The van der Waals surface area contributed by atoms with Gasteiger partial charge in [0.1, 0.15) is 11.8 Å². The number of nitrogens with two attached hydrogens (primary N) is 1. The molecule has 0 aromatic heterocycles. The Labute approximate surface area is 232 Å². The summed E-state index contributed by atoms with van der Waals surface area (Å²) in [6, 6.07) is 20.3. The van der Waals surface area contributed by atoms with Crippen LogP contribution in [0.4, 0.5) is 0 Å². The number of nitrogens with zero attached hydrogens (tertiary/aromatic N) is 3. The van der Waals surface area contributed by atoms with Crippen molar-refractivity contribution in [2.24, 2.45) is 10.8 Å². The van der Waals surface area contributed by atoms with E-state index in [1.54, 1.807) is 60.7 Å². The van der Waals surface area contributed by atoms with Crippen LogP contribution >= 0.6 is 0 Å². The topological polar surface area (TPSA) is 169 Å². The molecule has 3 aromatic rings. The maximum absolute atomic E-state index is 13.4. The van der Waals surface area contributed by atoms with Gasteiger partial charge in [-0.25, -0.2) is 22.3 Å². The third kappa shape index (κ3) is 6.71. The molecule has 210 valence electrons. The van der Waals surface area contributed by atoms with Gasteiger partial charge >= 0.3 is 0 Å².